The van der Waals surface area contributed by atoms with Crippen LogP contribution in [-0.2, 0) is 17.8 Å². The van der Waals surface area contributed by atoms with E-state index >= 15 is 0 Å². The monoisotopic (exact) mass is 239 g/mol. The Morgan fingerprint density at radius 3 is 3.06 bits per heavy atom. The van der Waals surface area contributed by atoms with E-state index in [1.165, 1.54) is 12.8 Å². The van der Waals surface area contributed by atoms with Crippen molar-refractivity contribution in [1.82, 2.24) is 25.5 Å². The molecule has 1 heterocycles. The molecule has 1 aliphatic rings. The van der Waals surface area contributed by atoms with Crippen molar-refractivity contribution in [2.75, 3.05) is 13.2 Å². The summed E-state index contributed by atoms with van der Waals surface area (Å²) in [6, 6.07) is 0.688. The fourth-order valence-electron chi connectivity index (χ4n) is 1.61. The van der Waals surface area contributed by atoms with Crippen LogP contribution in [0.4, 0.5) is 0 Å². The minimum atomic E-state index is 0.688. The van der Waals surface area contributed by atoms with Crippen molar-refractivity contribution in [3.63, 3.8) is 0 Å². The molecule has 1 saturated carbocycles. The predicted molar refractivity (Wildman–Crippen MR) is 63.4 cm³/mol. The summed E-state index contributed by atoms with van der Waals surface area (Å²) in [6.07, 6.45) is 4.60. The quantitative estimate of drug-likeness (QED) is 0.644. The van der Waals surface area contributed by atoms with Gasteiger partial charge in [0.15, 0.2) is 5.82 Å². The minimum absolute atomic E-state index is 0.688. The van der Waals surface area contributed by atoms with E-state index in [0.717, 1.165) is 45.0 Å². The second kappa shape index (κ2) is 6.66. The Balaban J connectivity index is 1.66. The molecular weight excluding hydrogens is 218 g/mol. The lowest BCUT2D eigenvalue weighted by molar-refractivity contribution is 0.128. The Morgan fingerprint density at radius 2 is 2.29 bits per heavy atom. The standard InChI is InChI=1S/C11H21N5O/c1-2-7-17-8-3-6-16-11(13-14-15-16)9-12-10-4-5-10/h10,12H,2-9H2,1H3. The molecule has 0 aromatic carbocycles. The van der Waals surface area contributed by atoms with Crippen molar-refractivity contribution in [2.45, 2.75) is 51.7 Å². The van der Waals surface area contributed by atoms with Gasteiger partial charge in [0.1, 0.15) is 0 Å². The maximum atomic E-state index is 5.43. The van der Waals surface area contributed by atoms with E-state index in [1.807, 2.05) is 4.68 Å². The zero-order valence-corrected chi connectivity index (χ0v) is 10.4. The minimum Gasteiger partial charge on any atom is -0.381 e. The number of nitrogens with one attached hydrogen (secondary N) is 1. The molecule has 1 N–H and O–H groups in total. The van der Waals surface area contributed by atoms with Crippen LogP contribution in [0.2, 0.25) is 0 Å². The fraction of sp³-hybridized carbons (Fsp3) is 0.909. The largest absolute Gasteiger partial charge is 0.381 e. The highest BCUT2D eigenvalue weighted by Gasteiger charge is 2.21. The average molecular weight is 239 g/mol. The molecule has 0 bridgehead atoms. The van der Waals surface area contributed by atoms with Crippen LogP contribution >= 0.6 is 0 Å². The van der Waals surface area contributed by atoms with Gasteiger partial charge in [-0.1, -0.05) is 6.92 Å². The maximum Gasteiger partial charge on any atom is 0.165 e. The van der Waals surface area contributed by atoms with E-state index in [0.29, 0.717) is 6.04 Å². The van der Waals surface area contributed by atoms with Crippen molar-refractivity contribution < 1.29 is 4.74 Å². The van der Waals surface area contributed by atoms with Gasteiger partial charge in [0.25, 0.3) is 0 Å². The molecule has 1 aromatic rings. The zero-order valence-electron chi connectivity index (χ0n) is 10.4. The molecule has 0 spiro atoms. The van der Waals surface area contributed by atoms with Gasteiger partial charge in [-0.05, 0) is 36.1 Å². The first-order valence-electron chi connectivity index (χ1n) is 6.46. The summed E-state index contributed by atoms with van der Waals surface area (Å²) in [7, 11) is 0. The van der Waals surface area contributed by atoms with Gasteiger partial charge in [0, 0.05) is 25.8 Å². The molecule has 0 atom stereocenters. The second-order valence-corrected chi connectivity index (χ2v) is 4.44. The van der Waals surface area contributed by atoms with E-state index in [4.69, 9.17) is 4.74 Å². The van der Waals surface area contributed by atoms with Gasteiger partial charge < -0.3 is 10.1 Å². The van der Waals surface area contributed by atoms with Crippen LogP contribution < -0.4 is 5.32 Å². The van der Waals surface area contributed by atoms with Crippen molar-refractivity contribution >= 4 is 0 Å². The van der Waals surface area contributed by atoms with Crippen molar-refractivity contribution in [3.8, 4) is 0 Å². The molecule has 0 unspecified atom stereocenters. The first kappa shape index (κ1) is 12.4. The van der Waals surface area contributed by atoms with Crippen molar-refractivity contribution in [3.05, 3.63) is 5.82 Å². The number of hydrogen-bond donors (Lipinski definition) is 1. The summed E-state index contributed by atoms with van der Waals surface area (Å²) in [6.45, 7) is 5.34. The van der Waals surface area contributed by atoms with Crippen LogP contribution in [-0.4, -0.2) is 39.5 Å². The van der Waals surface area contributed by atoms with Gasteiger partial charge in [-0.2, -0.15) is 0 Å². The molecule has 1 aromatic heterocycles. The highest BCUT2D eigenvalue weighted by atomic mass is 16.5. The van der Waals surface area contributed by atoms with Crippen LogP contribution in [0.1, 0.15) is 38.4 Å². The zero-order chi connectivity index (χ0) is 11.9. The Labute approximate surface area is 102 Å². The van der Waals surface area contributed by atoms with Crippen LogP contribution in [0.15, 0.2) is 0 Å². The van der Waals surface area contributed by atoms with Gasteiger partial charge in [0.2, 0.25) is 0 Å². The van der Waals surface area contributed by atoms with Gasteiger partial charge >= 0.3 is 0 Å². The van der Waals surface area contributed by atoms with Gasteiger partial charge in [-0.3, -0.25) is 0 Å². The Morgan fingerprint density at radius 1 is 1.41 bits per heavy atom. The summed E-state index contributed by atoms with van der Waals surface area (Å²) in [5.41, 5.74) is 0. The van der Waals surface area contributed by atoms with Crippen LogP contribution in [0, 0.1) is 0 Å². The number of aromatic nitrogens is 4. The molecule has 1 fully saturated rings. The highest BCUT2D eigenvalue weighted by molar-refractivity contribution is 4.86. The topological polar surface area (TPSA) is 64.9 Å². The Bertz CT molecular complexity index is 323. The molecule has 0 saturated heterocycles. The second-order valence-electron chi connectivity index (χ2n) is 4.44. The van der Waals surface area contributed by atoms with Gasteiger partial charge in [-0.15, -0.1) is 5.10 Å². The number of rotatable bonds is 9. The van der Waals surface area contributed by atoms with Gasteiger partial charge in [0.05, 0.1) is 6.54 Å². The van der Waals surface area contributed by atoms with E-state index in [2.05, 4.69) is 27.8 Å². The van der Waals surface area contributed by atoms with Crippen LogP contribution in [0.25, 0.3) is 0 Å². The Kier molecular flexibility index (Phi) is 4.88. The molecule has 1 aliphatic carbocycles. The molecule has 6 heteroatoms. The van der Waals surface area contributed by atoms with E-state index in [-0.39, 0.29) is 0 Å². The lowest BCUT2D eigenvalue weighted by atomic mass is 10.4. The molecule has 2 rings (SSSR count). The average Bonchev–Trinajstić information content (AvgIpc) is 3.06. The van der Waals surface area contributed by atoms with E-state index in [9.17, 15) is 0 Å². The van der Waals surface area contributed by atoms with Crippen molar-refractivity contribution in [2.24, 2.45) is 0 Å². The summed E-state index contributed by atoms with van der Waals surface area (Å²) in [4.78, 5) is 0. The van der Waals surface area contributed by atoms with Crippen LogP contribution in [0.3, 0.4) is 0 Å². The third kappa shape index (κ3) is 4.40. The number of ether oxygens (including phenoxy) is 1. The third-order valence-electron chi connectivity index (χ3n) is 2.74. The smallest absolute Gasteiger partial charge is 0.165 e. The number of nitrogens with zero attached hydrogens (tertiary/aromatic N) is 4. The first-order valence-corrected chi connectivity index (χ1v) is 6.46. The summed E-state index contributed by atoms with van der Waals surface area (Å²) in [5, 5.41) is 15.2. The van der Waals surface area contributed by atoms with E-state index in [1.54, 1.807) is 0 Å². The SMILES string of the molecule is CCCOCCCn1nnnc1CNC1CC1. The molecule has 0 radical (unpaired) electrons. The molecule has 0 aliphatic heterocycles. The summed E-state index contributed by atoms with van der Waals surface area (Å²) in [5.74, 6) is 0.924. The van der Waals surface area contributed by atoms with E-state index < -0.39 is 0 Å². The molecule has 96 valence electrons. The molecule has 0 amide bonds. The number of aryl methyl sites for hydroxylation is 1. The molecule has 17 heavy (non-hydrogen) atoms. The molecular formula is C11H21N5O. The summed E-state index contributed by atoms with van der Waals surface area (Å²) >= 11 is 0. The predicted octanol–water partition coefficient (Wildman–Crippen LogP) is 0.742. The van der Waals surface area contributed by atoms with Crippen LogP contribution in [0.5, 0.6) is 0 Å². The normalized spacial score (nSPS) is 15.4. The molecule has 6 nitrogen and oxygen atoms in total. The third-order valence-corrected chi connectivity index (χ3v) is 2.74. The maximum absolute atomic E-state index is 5.43. The lowest BCUT2D eigenvalue weighted by Crippen LogP contribution is -2.19. The lowest BCUT2D eigenvalue weighted by Gasteiger charge is -2.05. The van der Waals surface area contributed by atoms with Gasteiger partial charge in [-0.25, -0.2) is 4.68 Å². The first-order chi connectivity index (χ1) is 8.40. The highest BCUT2D eigenvalue weighted by Crippen LogP contribution is 2.18. The number of tetrazole rings is 1. The summed E-state index contributed by atoms with van der Waals surface area (Å²) < 4.78 is 7.30. The Hall–Kier alpha value is -1.01. The fourth-order valence-corrected chi connectivity index (χ4v) is 1.61. The van der Waals surface area contributed by atoms with Crippen molar-refractivity contribution in [1.29, 1.82) is 0 Å². The number of hydrogen-bond acceptors (Lipinski definition) is 5.